The number of hydrogen-bond donors (Lipinski definition) is 1. The van der Waals surface area contributed by atoms with Crippen molar-refractivity contribution in [2.24, 2.45) is 0 Å². The predicted molar refractivity (Wildman–Crippen MR) is 78.1 cm³/mol. The summed E-state index contributed by atoms with van der Waals surface area (Å²) in [7, 11) is 0. The fourth-order valence-electron chi connectivity index (χ4n) is 1.75. The molecule has 2 rings (SSSR count). The van der Waals surface area contributed by atoms with Crippen LogP contribution in [0.4, 0.5) is 0 Å². The summed E-state index contributed by atoms with van der Waals surface area (Å²) in [6.45, 7) is 3.06. The van der Waals surface area contributed by atoms with E-state index < -0.39 is 5.97 Å². The fourth-order valence-corrected chi connectivity index (χ4v) is 3.37. The minimum atomic E-state index is -0.763. The molecule has 0 aliphatic carbocycles. The standard InChI is InChI=1S/C13H15BrO4S/c1-8(4-13(15)16)19-7-9-5-11-12(6-10(9)14)18-3-2-17-11/h5-6,8H,2-4,7H2,1H3,(H,15,16). The SMILES string of the molecule is CC(CC(=O)O)SCc1cc2c(cc1Br)OCCO2. The first-order valence-electron chi connectivity index (χ1n) is 5.97. The quantitative estimate of drug-likeness (QED) is 0.886. The summed E-state index contributed by atoms with van der Waals surface area (Å²) in [5.41, 5.74) is 1.09. The van der Waals surface area contributed by atoms with Gasteiger partial charge in [0.15, 0.2) is 11.5 Å². The van der Waals surface area contributed by atoms with Crippen LogP contribution < -0.4 is 9.47 Å². The highest BCUT2D eigenvalue weighted by atomic mass is 79.9. The molecule has 6 heteroatoms. The van der Waals surface area contributed by atoms with Crippen molar-refractivity contribution in [3.8, 4) is 11.5 Å². The van der Waals surface area contributed by atoms with Crippen LogP contribution in [0.1, 0.15) is 18.9 Å². The Kier molecular flexibility index (Phi) is 4.99. The fraction of sp³-hybridized carbons (Fsp3) is 0.462. The van der Waals surface area contributed by atoms with Gasteiger partial charge in [-0.05, 0) is 17.7 Å². The van der Waals surface area contributed by atoms with E-state index in [0.717, 1.165) is 27.3 Å². The molecule has 4 nitrogen and oxygen atoms in total. The molecule has 1 atom stereocenters. The molecular weight excluding hydrogens is 332 g/mol. The van der Waals surface area contributed by atoms with Crippen molar-refractivity contribution < 1.29 is 19.4 Å². The number of carboxylic acid groups (broad SMARTS) is 1. The van der Waals surface area contributed by atoms with Gasteiger partial charge in [0, 0.05) is 15.5 Å². The summed E-state index contributed by atoms with van der Waals surface area (Å²) >= 11 is 5.13. The Balaban J connectivity index is 2.02. The van der Waals surface area contributed by atoms with Gasteiger partial charge in [-0.25, -0.2) is 0 Å². The van der Waals surface area contributed by atoms with Gasteiger partial charge in [-0.3, -0.25) is 4.79 Å². The molecule has 1 aromatic rings. The maximum Gasteiger partial charge on any atom is 0.304 e. The molecule has 1 unspecified atom stereocenters. The van der Waals surface area contributed by atoms with E-state index in [4.69, 9.17) is 14.6 Å². The molecule has 1 aliphatic rings. The average molecular weight is 347 g/mol. The summed E-state index contributed by atoms with van der Waals surface area (Å²) in [5, 5.41) is 8.82. The van der Waals surface area contributed by atoms with E-state index in [9.17, 15) is 4.79 Å². The summed E-state index contributed by atoms with van der Waals surface area (Å²) in [6.07, 6.45) is 0.173. The number of carboxylic acids is 1. The van der Waals surface area contributed by atoms with E-state index in [2.05, 4.69) is 15.9 Å². The molecule has 0 amide bonds. The molecule has 0 aromatic heterocycles. The molecule has 19 heavy (non-hydrogen) atoms. The maximum atomic E-state index is 10.6. The van der Waals surface area contributed by atoms with Crippen molar-refractivity contribution in [3.63, 3.8) is 0 Å². The van der Waals surface area contributed by atoms with Gasteiger partial charge >= 0.3 is 5.97 Å². The highest BCUT2D eigenvalue weighted by Gasteiger charge is 2.16. The summed E-state index contributed by atoms with van der Waals surface area (Å²) in [5.74, 6) is 1.49. The zero-order valence-electron chi connectivity index (χ0n) is 10.5. The van der Waals surface area contributed by atoms with Gasteiger partial charge in [0.25, 0.3) is 0 Å². The third-order valence-electron chi connectivity index (χ3n) is 2.70. The summed E-state index contributed by atoms with van der Waals surface area (Å²) in [6, 6.07) is 3.87. The molecule has 0 saturated carbocycles. The van der Waals surface area contributed by atoms with E-state index in [-0.39, 0.29) is 11.7 Å². The van der Waals surface area contributed by atoms with Crippen LogP contribution in [-0.4, -0.2) is 29.5 Å². The normalized spacial score (nSPS) is 15.1. The average Bonchev–Trinajstić information content (AvgIpc) is 2.35. The molecule has 104 valence electrons. The van der Waals surface area contributed by atoms with Gasteiger partial charge in [0.1, 0.15) is 13.2 Å². The molecular formula is C13H15BrO4S. The molecule has 0 saturated heterocycles. The third kappa shape index (κ3) is 4.04. The van der Waals surface area contributed by atoms with Crippen LogP contribution in [0.15, 0.2) is 16.6 Å². The van der Waals surface area contributed by atoms with Gasteiger partial charge in [-0.1, -0.05) is 22.9 Å². The Morgan fingerprint density at radius 3 is 2.68 bits per heavy atom. The Morgan fingerprint density at radius 1 is 1.42 bits per heavy atom. The summed E-state index contributed by atoms with van der Waals surface area (Å²) < 4.78 is 12.0. The molecule has 0 bridgehead atoms. The van der Waals surface area contributed by atoms with E-state index in [1.165, 1.54) is 0 Å². The van der Waals surface area contributed by atoms with Crippen molar-refractivity contribution in [1.82, 2.24) is 0 Å². The van der Waals surface area contributed by atoms with Crippen molar-refractivity contribution in [2.75, 3.05) is 13.2 Å². The largest absolute Gasteiger partial charge is 0.486 e. The topological polar surface area (TPSA) is 55.8 Å². The second-order valence-electron chi connectivity index (χ2n) is 4.31. The highest BCUT2D eigenvalue weighted by Crippen LogP contribution is 2.37. The second kappa shape index (κ2) is 6.52. The first-order valence-corrected chi connectivity index (χ1v) is 7.82. The van der Waals surface area contributed by atoms with E-state index >= 15 is 0 Å². The van der Waals surface area contributed by atoms with Crippen molar-refractivity contribution in [3.05, 3.63) is 22.2 Å². The monoisotopic (exact) mass is 346 g/mol. The minimum Gasteiger partial charge on any atom is -0.486 e. The lowest BCUT2D eigenvalue weighted by Gasteiger charge is -2.20. The summed E-state index contributed by atoms with van der Waals surface area (Å²) in [4.78, 5) is 10.6. The second-order valence-corrected chi connectivity index (χ2v) is 6.59. The number of aliphatic carboxylic acids is 1. The molecule has 0 fully saturated rings. The Bertz CT molecular complexity index is 478. The lowest BCUT2D eigenvalue weighted by Crippen LogP contribution is -2.15. The Morgan fingerprint density at radius 2 is 2.05 bits per heavy atom. The lowest BCUT2D eigenvalue weighted by atomic mass is 10.2. The van der Waals surface area contributed by atoms with Crippen molar-refractivity contribution >= 4 is 33.7 Å². The zero-order chi connectivity index (χ0) is 13.8. The van der Waals surface area contributed by atoms with Gasteiger partial charge in [-0.15, -0.1) is 0 Å². The Labute approximate surface area is 124 Å². The molecule has 1 heterocycles. The van der Waals surface area contributed by atoms with Crippen LogP contribution in [0.3, 0.4) is 0 Å². The van der Waals surface area contributed by atoms with E-state index in [1.807, 2.05) is 19.1 Å². The minimum absolute atomic E-state index is 0.0811. The number of thioether (sulfide) groups is 1. The molecule has 0 spiro atoms. The van der Waals surface area contributed by atoms with Crippen LogP contribution in [0.5, 0.6) is 11.5 Å². The van der Waals surface area contributed by atoms with Gasteiger partial charge in [-0.2, -0.15) is 11.8 Å². The van der Waals surface area contributed by atoms with E-state index in [0.29, 0.717) is 13.2 Å². The van der Waals surface area contributed by atoms with Crippen molar-refractivity contribution in [2.45, 2.75) is 24.3 Å². The number of carbonyl (C=O) groups is 1. The van der Waals surface area contributed by atoms with Gasteiger partial charge in [0.05, 0.1) is 6.42 Å². The van der Waals surface area contributed by atoms with Gasteiger partial charge < -0.3 is 14.6 Å². The number of rotatable bonds is 5. The maximum absolute atomic E-state index is 10.6. The highest BCUT2D eigenvalue weighted by molar-refractivity contribution is 9.10. The number of ether oxygens (including phenoxy) is 2. The third-order valence-corrected chi connectivity index (χ3v) is 4.65. The molecule has 1 aliphatic heterocycles. The lowest BCUT2D eigenvalue weighted by molar-refractivity contribution is -0.136. The van der Waals surface area contributed by atoms with E-state index in [1.54, 1.807) is 11.8 Å². The van der Waals surface area contributed by atoms with Crippen LogP contribution in [0.25, 0.3) is 0 Å². The smallest absolute Gasteiger partial charge is 0.304 e. The van der Waals surface area contributed by atoms with Crippen LogP contribution in [0, 0.1) is 0 Å². The predicted octanol–water partition coefficient (Wildman–Crippen LogP) is 3.32. The first kappa shape index (κ1) is 14.5. The number of halogens is 1. The Hall–Kier alpha value is -0.880. The number of hydrogen-bond acceptors (Lipinski definition) is 4. The van der Waals surface area contributed by atoms with Crippen LogP contribution in [-0.2, 0) is 10.5 Å². The number of fused-ring (bicyclic) bond motifs is 1. The van der Waals surface area contributed by atoms with Crippen molar-refractivity contribution in [1.29, 1.82) is 0 Å². The van der Waals surface area contributed by atoms with Crippen LogP contribution >= 0.6 is 27.7 Å². The molecule has 1 aromatic carbocycles. The first-order chi connectivity index (χ1) is 9.06. The van der Waals surface area contributed by atoms with Crippen LogP contribution in [0.2, 0.25) is 0 Å². The molecule has 1 N–H and O–H groups in total. The molecule has 0 radical (unpaired) electrons. The number of benzene rings is 1. The zero-order valence-corrected chi connectivity index (χ0v) is 12.9. The van der Waals surface area contributed by atoms with Gasteiger partial charge in [0.2, 0.25) is 0 Å².